The molecule has 9 nitrogen and oxygen atoms in total. The van der Waals surface area contributed by atoms with Crippen molar-refractivity contribution in [3.8, 4) is 28.6 Å². The molecule has 0 spiro atoms. The summed E-state index contributed by atoms with van der Waals surface area (Å²) in [6, 6.07) is 24.3. The first-order valence-corrected chi connectivity index (χ1v) is 11.8. The van der Waals surface area contributed by atoms with Crippen LogP contribution in [0.5, 0.6) is 11.5 Å². The van der Waals surface area contributed by atoms with E-state index < -0.39 is 0 Å². The molecule has 9 heteroatoms. The highest BCUT2D eigenvalue weighted by molar-refractivity contribution is 5.61. The fourth-order valence-corrected chi connectivity index (χ4v) is 4.15. The highest BCUT2D eigenvalue weighted by Gasteiger charge is 2.20. The highest BCUT2D eigenvalue weighted by Crippen LogP contribution is 2.25. The summed E-state index contributed by atoms with van der Waals surface area (Å²) in [5.41, 5.74) is 13.1. The first-order valence-electron chi connectivity index (χ1n) is 11.8. The zero-order valence-corrected chi connectivity index (χ0v) is 19.9. The number of benzene rings is 3. The van der Waals surface area contributed by atoms with Crippen LogP contribution in [0.25, 0.3) is 27.5 Å². The second-order valence-electron chi connectivity index (χ2n) is 8.54. The molecule has 0 radical (unpaired) electrons. The van der Waals surface area contributed by atoms with Crippen LogP contribution in [0.3, 0.4) is 0 Å². The number of hydrogen-bond acceptors (Lipinski definition) is 5. The van der Waals surface area contributed by atoms with Crippen LogP contribution >= 0.6 is 0 Å². The van der Waals surface area contributed by atoms with Gasteiger partial charge in [0.05, 0.1) is 24.5 Å². The monoisotopic (exact) mass is 492 g/mol. The fourth-order valence-electron chi connectivity index (χ4n) is 4.15. The highest BCUT2D eigenvalue weighted by atomic mass is 16.5. The number of aromatic amines is 1. The molecule has 0 unspecified atom stereocenters. The van der Waals surface area contributed by atoms with Gasteiger partial charge in [-0.25, -0.2) is 4.98 Å². The Hall–Kier alpha value is -5.01. The third-order valence-corrected chi connectivity index (χ3v) is 5.97. The van der Waals surface area contributed by atoms with E-state index in [1.807, 2.05) is 54.6 Å². The second kappa shape index (κ2) is 10.7. The fraction of sp³-hybridized carbons (Fsp3) is 0.143. The molecule has 5 rings (SSSR count). The molecule has 2 heterocycles. The number of hydrogen-bond donors (Lipinski definition) is 2. The van der Waals surface area contributed by atoms with Gasteiger partial charge in [0.15, 0.2) is 5.82 Å². The van der Waals surface area contributed by atoms with Crippen LogP contribution in [0.1, 0.15) is 22.5 Å². The van der Waals surface area contributed by atoms with E-state index in [9.17, 15) is 9.90 Å². The molecule has 0 atom stereocenters. The Kier molecular flexibility index (Phi) is 6.87. The summed E-state index contributed by atoms with van der Waals surface area (Å²) >= 11 is 0. The minimum absolute atomic E-state index is 0.175. The van der Waals surface area contributed by atoms with E-state index in [0.29, 0.717) is 36.7 Å². The van der Waals surface area contributed by atoms with E-state index in [1.165, 1.54) is 0 Å². The third kappa shape index (κ3) is 5.47. The standard InChI is InChI=1S/C28H24N6O3/c29-33-30-14-15-37-23-12-8-21(9-13-23)26-18-34-27(24(31-26)16-19-4-2-1-3-5-19)32-25(28(34)36)17-20-6-10-22(35)11-7-20/h1-13,18,31,35H,14-17H2. The molecule has 0 amide bonds. The zero-order chi connectivity index (χ0) is 25.6. The van der Waals surface area contributed by atoms with Crippen molar-refractivity contribution in [3.63, 3.8) is 0 Å². The summed E-state index contributed by atoms with van der Waals surface area (Å²) in [5, 5.41) is 13.0. The van der Waals surface area contributed by atoms with Gasteiger partial charge in [-0.2, -0.15) is 0 Å². The number of nitrogens with one attached hydrogen (secondary N) is 1. The quantitative estimate of drug-likeness (QED) is 0.126. The molecule has 3 aromatic rings. The normalized spacial score (nSPS) is 10.8. The van der Waals surface area contributed by atoms with Gasteiger partial charge < -0.3 is 14.8 Å². The average molecular weight is 493 g/mol. The Balaban J connectivity index is 1.52. The van der Waals surface area contributed by atoms with Gasteiger partial charge in [-0.15, -0.1) is 0 Å². The number of H-pyrrole nitrogens is 1. The molecule has 0 saturated heterocycles. The maximum absolute atomic E-state index is 13.4. The number of azide groups is 1. The van der Waals surface area contributed by atoms with E-state index in [4.69, 9.17) is 15.3 Å². The Morgan fingerprint density at radius 3 is 2.43 bits per heavy atom. The largest absolute Gasteiger partial charge is 0.508 e. The van der Waals surface area contributed by atoms with Crippen LogP contribution in [0.2, 0.25) is 0 Å². The van der Waals surface area contributed by atoms with Crippen molar-refractivity contribution in [1.29, 1.82) is 0 Å². The Labute approximate surface area is 212 Å². The van der Waals surface area contributed by atoms with Crippen LogP contribution < -0.4 is 10.3 Å². The molecule has 2 N–H and O–H groups in total. The number of fused-ring (bicyclic) bond motifs is 1. The van der Waals surface area contributed by atoms with E-state index in [-0.39, 0.29) is 17.9 Å². The van der Waals surface area contributed by atoms with Gasteiger partial charge in [-0.05, 0) is 58.6 Å². The maximum Gasteiger partial charge on any atom is 0.278 e. The summed E-state index contributed by atoms with van der Waals surface area (Å²) < 4.78 is 7.20. The number of aromatic nitrogens is 3. The number of nitrogens with zero attached hydrogens (tertiary/aromatic N) is 5. The summed E-state index contributed by atoms with van der Waals surface area (Å²) in [4.78, 5) is 24.3. The molecule has 0 fully saturated rings. The average Bonchev–Trinajstić information content (AvgIpc) is 3.24. The number of ether oxygens (including phenoxy) is 1. The van der Waals surface area contributed by atoms with E-state index >= 15 is 0 Å². The summed E-state index contributed by atoms with van der Waals surface area (Å²) in [7, 11) is 0. The molecule has 0 aliphatic carbocycles. The van der Waals surface area contributed by atoms with Gasteiger partial charge in [0, 0.05) is 24.0 Å². The minimum atomic E-state index is -0.175. The Morgan fingerprint density at radius 1 is 0.973 bits per heavy atom. The van der Waals surface area contributed by atoms with Crippen molar-refractivity contribution in [1.82, 2.24) is 14.5 Å². The van der Waals surface area contributed by atoms with Crippen molar-refractivity contribution in [2.24, 2.45) is 5.11 Å². The maximum atomic E-state index is 13.4. The van der Waals surface area contributed by atoms with E-state index in [0.717, 1.165) is 28.1 Å². The lowest BCUT2D eigenvalue weighted by molar-refractivity contribution is 0.328. The van der Waals surface area contributed by atoms with E-state index in [2.05, 4.69) is 15.0 Å². The smallest absolute Gasteiger partial charge is 0.278 e. The SMILES string of the molecule is [N-]=[N+]=NCCOc1ccc(-c2cn3c(=O)c(Cc4ccc(O)cc4)nc-3c(Cc3ccccc3)[nH]2)cc1. The molecule has 37 heavy (non-hydrogen) atoms. The van der Waals surface area contributed by atoms with Crippen molar-refractivity contribution < 1.29 is 9.84 Å². The molecule has 0 aromatic heterocycles. The second-order valence-corrected chi connectivity index (χ2v) is 8.54. The molecular formula is C28H24N6O3. The van der Waals surface area contributed by atoms with Crippen LogP contribution in [-0.2, 0) is 12.8 Å². The topological polar surface area (TPSA) is 129 Å². The Morgan fingerprint density at radius 2 is 1.70 bits per heavy atom. The summed E-state index contributed by atoms with van der Waals surface area (Å²) in [5.74, 6) is 1.42. The lowest BCUT2D eigenvalue weighted by Gasteiger charge is -2.14. The minimum Gasteiger partial charge on any atom is -0.508 e. The van der Waals surface area contributed by atoms with Gasteiger partial charge in [0.1, 0.15) is 17.2 Å². The zero-order valence-electron chi connectivity index (χ0n) is 19.9. The van der Waals surface area contributed by atoms with Crippen molar-refractivity contribution in [2.45, 2.75) is 12.8 Å². The third-order valence-electron chi connectivity index (χ3n) is 5.97. The van der Waals surface area contributed by atoms with Crippen LogP contribution in [0, 0.1) is 0 Å². The van der Waals surface area contributed by atoms with Crippen molar-refractivity contribution in [3.05, 3.63) is 128 Å². The van der Waals surface area contributed by atoms with Gasteiger partial charge in [-0.3, -0.25) is 9.36 Å². The molecular weight excluding hydrogens is 468 g/mol. The number of aromatic hydroxyl groups is 1. The molecule has 3 aromatic carbocycles. The summed E-state index contributed by atoms with van der Waals surface area (Å²) in [6.07, 6.45) is 2.72. The molecule has 184 valence electrons. The first kappa shape index (κ1) is 23.7. The van der Waals surface area contributed by atoms with Gasteiger partial charge in [0.25, 0.3) is 5.56 Å². The van der Waals surface area contributed by atoms with Crippen molar-refractivity contribution >= 4 is 0 Å². The molecule has 0 saturated carbocycles. The molecule has 2 aliphatic heterocycles. The van der Waals surface area contributed by atoms with Crippen LogP contribution in [0.4, 0.5) is 0 Å². The van der Waals surface area contributed by atoms with Gasteiger partial charge >= 0.3 is 0 Å². The predicted molar refractivity (Wildman–Crippen MR) is 140 cm³/mol. The predicted octanol–water partition coefficient (Wildman–Crippen LogP) is 5.24. The number of phenolic OH excluding ortho intramolecular Hbond substituents is 1. The van der Waals surface area contributed by atoms with Crippen LogP contribution in [-0.4, -0.2) is 32.8 Å². The van der Waals surface area contributed by atoms with Crippen LogP contribution in [0.15, 0.2) is 95.0 Å². The first-order chi connectivity index (χ1) is 18.1. The van der Waals surface area contributed by atoms with Gasteiger partial charge in [-0.1, -0.05) is 47.6 Å². The summed E-state index contributed by atoms with van der Waals surface area (Å²) in [6.45, 7) is 0.548. The lowest BCUT2D eigenvalue weighted by Crippen LogP contribution is -2.17. The number of imidazole rings is 1. The molecule has 0 bridgehead atoms. The lowest BCUT2D eigenvalue weighted by atomic mass is 10.1. The van der Waals surface area contributed by atoms with E-state index in [1.54, 1.807) is 35.0 Å². The Bertz CT molecular complexity index is 1570. The number of rotatable bonds is 9. The molecule has 2 aliphatic rings. The number of phenols is 1. The van der Waals surface area contributed by atoms with Crippen molar-refractivity contribution in [2.75, 3.05) is 13.2 Å². The van der Waals surface area contributed by atoms with Gasteiger partial charge in [0.2, 0.25) is 0 Å².